The number of aromatic nitrogens is 2. The lowest BCUT2D eigenvalue weighted by molar-refractivity contribution is 0.0690. The molecule has 0 bridgehead atoms. The van der Waals surface area contributed by atoms with Crippen LogP contribution in [0.3, 0.4) is 0 Å². The second kappa shape index (κ2) is 5.69. The SMILES string of the molecule is Cc1nc(C)c(C(=O)O)c(SC2CCCCC2)n1. The van der Waals surface area contributed by atoms with Crippen molar-refractivity contribution in [3.05, 3.63) is 17.1 Å². The van der Waals surface area contributed by atoms with E-state index in [0.717, 1.165) is 12.8 Å². The molecule has 0 unspecified atom stereocenters. The molecule has 5 heteroatoms. The molecule has 0 aliphatic heterocycles. The fraction of sp³-hybridized carbons (Fsp3) is 0.615. The second-order valence-electron chi connectivity index (χ2n) is 4.72. The Hall–Kier alpha value is -1.10. The number of hydrogen-bond donors (Lipinski definition) is 1. The number of aromatic carboxylic acids is 1. The fourth-order valence-corrected chi connectivity index (χ4v) is 3.78. The van der Waals surface area contributed by atoms with Gasteiger partial charge >= 0.3 is 5.97 Å². The minimum Gasteiger partial charge on any atom is -0.478 e. The van der Waals surface area contributed by atoms with Gasteiger partial charge in [-0.3, -0.25) is 0 Å². The summed E-state index contributed by atoms with van der Waals surface area (Å²) in [5.41, 5.74) is 0.837. The van der Waals surface area contributed by atoms with Crippen molar-refractivity contribution in [2.24, 2.45) is 0 Å². The van der Waals surface area contributed by atoms with Crippen LogP contribution >= 0.6 is 11.8 Å². The molecule has 1 N–H and O–H groups in total. The molecule has 18 heavy (non-hydrogen) atoms. The highest BCUT2D eigenvalue weighted by Crippen LogP contribution is 2.34. The summed E-state index contributed by atoms with van der Waals surface area (Å²) in [5, 5.41) is 10.4. The van der Waals surface area contributed by atoms with E-state index in [1.807, 2.05) is 6.92 Å². The Morgan fingerprint density at radius 2 is 1.89 bits per heavy atom. The zero-order valence-corrected chi connectivity index (χ0v) is 11.6. The van der Waals surface area contributed by atoms with Gasteiger partial charge in [-0.2, -0.15) is 0 Å². The maximum Gasteiger partial charge on any atom is 0.340 e. The van der Waals surface area contributed by atoms with Crippen molar-refractivity contribution in [1.82, 2.24) is 9.97 Å². The van der Waals surface area contributed by atoms with Gasteiger partial charge in [0.15, 0.2) is 0 Å². The minimum atomic E-state index is -0.925. The summed E-state index contributed by atoms with van der Waals surface area (Å²) in [5.74, 6) is -0.276. The van der Waals surface area contributed by atoms with Crippen molar-refractivity contribution in [1.29, 1.82) is 0 Å². The normalized spacial score (nSPS) is 16.8. The molecular formula is C13H18N2O2S. The Kier molecular flexibility index (Phi) is 4.22. The molecule has 1 fully saturated rings. The molecule has 1 aromatic heterocycles. The molecule has 2 rings (SSSR count). The summed E-state index contributed by atoms with van der Waals surface area (Å²) in [6.07, 6.45) is 6.09. The van der Waals surface area contributed by atoms with Gasteiger partial charge in [0.25, 0.3) is 0 Å². The molecule has 1 aromatic rings. The molecule has 1 aliphatic carbocycles. The van der Waals surface area contributed by atoms with E-state index < -0.39 is 5.97 Å². The van der Waals surface area contributed by atoms with E-state index in [1.165, 1.54) is 19.3 Å². The molecule has 98 valence electrons. The first-order valence-corrected chi connectivity index (χ1v) is 7.21. The summed E-state index contributed by atoms with van der Waals surface area (Å²) in [6, 6.07) is 0. The monoisotopic (exact) mass is 266 g/mol. The van der Waals surface area contributed by atoms with E-state index in [1.54, 1.807) is 18.7 Å². The smallest absolute Gasteiger partial charge is 0.340 e. The standard InChI is InChI=1S/C13H18N2O2S/c1-8-11(13(16)17)12(15-9(2)14-8)18-10-6-4-3-5-7-10/h10H,3-7H2,1-2H3,(H,16,17). The molecule has 0 aromatic carbocycles. The predicted molar refractivity (Wildman–Crippen MR) is 71.2 cm³/mol. The highest BCUT2D eigenvalue weighted by Gasteiger charge is 2.22. The summed E-state index contributed by atoms with van der Waals surface area (Å²) >= 11 is 1.62. The highest BCUT2D eigenvalue weighted by atomic mass is 32.2. The van der Waals surface area contributed by atoms with E-state index in [-0.39, 0.29) is 5.56 Å². The molecule has 0 saturated heterocycles. The predicted octanol–water partition coefficient (Wildman–Crippen LogP) is 3.22. The topological polar surface area (TPSA) is 63.1 Å². The number of carboxylic acids is 1. The number of carbonyl (C=O) groups is 1. The first-order valence-electron chi connectivity index (χ1n) is 6.33. The lowest BCUT2D eigenvalue weighted by atomic mass is 10.0. The average Bonchev–Trinajstić information content (AvgIpc) is 2.28. The van der Waals surface area contributed by atoms with Crippen LogP contribution in [0.2, 0.25) is 0 Å². The van der Waals surface area contributed by atoms with E-state index >= 15 is 0 Å². The van der Waals surface area contributed by atoms with Crippen LogP contribution in [0.4, 0.5) is 0 Å². The maximum atomic E-state index is 11.3. The number of rotatable bonds is 3. The zero-order chi connectivity index (χ0) is 13.1. The number of aryl methyl sites for hydroxylation is 2. The van der Waals surface area contributed by atoms with Gasteiger partial charge in [-0.25, -0.2) is 14.8 Å². The lowest BCUT2D eigenvalue weighted by Gasteiger charge is -2.21. The Morgan fingerprint density at radius 3 is 2.50 bits per heavy atom. The highest BCUT2D eigenvalue weighted by molar-refractivity contribution is 7.99. The molecule has 0 radical (unpaired) electrons. The molecule has 0 spiro atoms. The van der Waals surface area contributed by atoms with E-state index in [9.17, 15) is 9.90 Å². The molecule has 0 amide bonds. The van der Waals surface area contributed by atoms with Crippen molar-refractivity contribution < 1.29 is 9.90 Å². The minimum absolute atomic E-state index is 0.274. The quantitative estimate of drug-likeness (QED) is 0.851. The fourth-order valence-electron chi connectivity index (χ4n) is 2.35. The zero-order valence-electron chi connectivity index (χ0n) is 10.8. The summed E-state index contributed by atoms with van der Waals surface area (Å²) in [6.45, 7) is 3.55. The third-order valence-corrected chi connectivity index (χ3v) is 4.54. The van der Waals surface area contributed by atoms with Crippen molar-refractivity contribution in [3.63, 3.8) is 0 Å². The molecular weight excluding hydrogens is 248 g/mol. The van der Waals surface area contributed by atoms with Crippen LogP contribution in [-0.4, -0.2) is 26.3 Å². The molecule has 0 atom stereocenters. The van der Waals surface area contributed by atoms with Gasteiger partial charge in [-0.05, 0) is 26.7 Å². The number of hydrogen-bond acceptors (Lipinski definition) is 4. The third kappa shape index (κ3) is 3.02. The summed E-state index contributed by atoms with van der Waals surface area (Å²) in [7, 11) is 0. The van der Waals surface area contributed by atoms with Crippen LogP contribution in [0.5, 0.6) is 0 Å². The van der Waals surface area contributed by atoms with Crippen molar-refractivity contribution in [2.75, 3.05) is 0 Å². The lowest BCUT2D eigenvalue weighted by Crippen LogP contribution is -2.13. The Labute approximate surface area is 111 Å². The Bertz CT molecular complexity index is 457. The van der Waals surface area contributed by atoms with E-state index in [4.69, 9.17) is 0 Å². The molecule has 4 nitrogen and oxygen atoms in total. The Morgan fingerprint density at radius 1 is 1.22 bits per heavy atom. The van der Waals surface area contributed by atoms with Crippen LogP contribution in [0, 0.1) is 13.8 Å². The third-order valence-electron chi connectivity index (χ3n) is 3.21. The van der Waals surface area contributed by atoms with Crippen LogP contribution in [0.15, 0.2) is 5.03 Å². The number of thioether (sulfide) groups is 1. The largest absolute Gasteiger partial charge is 0.478 e. The van der Waals surface area contributed by atoms with Crippen LogP contribution in [-0.2, 0) is 0 Å². The molecule has 1 saturated carbocycles. The Balaban J connectivity index is 2.27. The van der Waals surface area contributed by atoms with Crippen molar-refractivity contribution in [3.8, 4) is 0 Å². The van der Waals surface area contributed by atoms with Gasteiger partial charge in [0.1, 0.15) is 16.4 Å². The first-order chi connectivity index (χ1) is 8.58. The van der Waals surface area contributed by atoms with Crippen molar-refractivity contribution >= 4 is 17.7 Å². The van der Waals surface area contributed by atoms with Crippen LogP contribution < -0.4 is 0 Å². The molecule has 1 heterocycles. The second-order valence-corrected chi connectivity index (χ2v) is 6.01. The van der Waals surface area contributed by atoms with Gasteiger partial charge < -0.3 is 5.11 Å². The maximum absolute atomic E-state index is 11.3. The average molecular weight is 266 g/mol. The van der Waals surface area contributed by atoms with Crippen LogP contribution in [0.25, 0.3) is 0 Å². The van der Waals surface area contributed by atoms with Gasteiger partial charge in [0.2, 0.25) is 0 Å². The first kappa shape index (κ1) is 13.3. The number of carboxylic acid groups (broad SMARTS) is 1. The van der Waals surface area contributed by atoms with E-state index in [2.05, 4.69) is 9.97 Å². The van der Waals surface area contributed by atoms with Crippen LogP contribution in [0.1, 0.15) is 54.0 Å². The summed E-state index contributed by atoms with van der Waals surface area (Å²) in [4.78, 5) is 19.8. The van der Waals surface area contributed by atoms with Gasteiger partial charge in [-0.1, -0.05) is 19.3 Å². The van der Waals surface area contributed by atoms with E-state index in [0.29, 0.717) is 21.8 Å². The van der Waals surface area contributed by atoms with Crippen molar-refractivity contribution in [2.45, 2.75) is 56.2 Å². The van der Waals surface area contributed by atoms with Gasteiger partial charge in [-0.15, -0.1) is 11.8 Å². The number of nitrogens with zero attached hydrogens (tertiary/aromatic N) is 2. The van der Waals surface area contributed by atoms with Gasteiger partial charge in [0, 0.05) is 5.25 Å². The van der Waals surface area contributed by atoms with Gasteiger partial charge in [0.05, 0.1) is 5.69 Å². The summed E-state index contributed by atoms with van der Waals surface area (Å²) < 4.78 is 0. The molecule has 1 aliphatic rings.